The first-order chi connectivity index (χ1) is 16.0. The summed E-state index contributed by atoms with van der Waals surface area (Å²) in [4.78, 5) is 36.6. The zero-order chi connectivity index (χ0) is 23.8. The van der Waals surface area contributed by atoms with Gasteiger partial charge in [-0.1, -0.05) is 60.7 Å². The molecule has 2 unspecified atom stereocenters. The van der Waals surface area contributed by atoms with Gasteiger partial charge in [0.15, 0.2) is 0 Å². The molecule has 7 nitrogen and oxygen atoms in total. The van der Waals surface area contributed by atoms with Gasteiger partial charge in [-0.25, -0.2) is 9.59 Å². The van der Waals surface area contributed by atoms with E-state index in [9.17, 15) is 19.5 Å². The molecule has 2 atom stereocenters. The van der Waals surface area contributed by atoms with Crippen LogP contribution < -0.4 is 10.6 Å². The summed E-state index contributed by atoms with van der Waals surface area (Å²) in [7, 11) is 0. The Bertz CT molecular complexity index is 1000. The number of carbonyl (C=O) groups is 3. The third-order valence-electron chi connectivity index (χ3n) is 5.63. The van der Waals surface area contributed by atoms with Crippen LogP contribution in [-0.4, -0.2) is 41.8 Å². The molecule has 3 N–H and O–H groups in total. The van der Waals surface area contributed by atoms with Crippen molar-refractivity contribution in [1.82, 2.24) is 10.6 Å². The van der Waals surface area contributed by atoms with Gasteiger partial charge in [-0.15, -0.1) is 13.2 Å². The molecule has 1 aliphatic rings. The van der Waals surface area contributed by atoms with E-state index in [1.807, 2.05) is 48.5 Å². The van der Waals surface area contributed by atoms with Crippen molar-refractivity contribution in [3.8, 4) is 11.1 Å². The van der Waals surface area contributed by atoms with Crippen LogP contribution in [0.25, 0.3) is 11.1 Å². The molecule has 1 aliphatic carbocycles. The summed E-state index contributed by atoms with van der Waals surface area (Å²) in [6.07, 6.45) is 3.09. The first kappa shape index (κ1) is 23.8. The van der Waals surface area contributed by atoms with E-state index in [0.29, 0.717) is 6.42 Å². The second-order valence-electron chi connectivity index (χ2n) is 7.81. The number of benzene rings is 2. The first-order valence-corrected chi connectivity index (χ1v) is 10.8. The van der Waals surface area contributed by atoms with Gasteiger partial charge < -0.3 is 20.5 Å². The average Bonchev–Trinajstić information content (AvgIpc) is 3.13. The normalized spacial score (nSPS) is 13.7. The topological polar surface area (TPSA) is 105 Å². The fourth-order valence-electron chi connectivity index (χ4n) is 4.00. The first-order valence-electron chi connectivity index (χ1n) is 10.8. The lowest BCUT2D eigenvalue weighted by Crippen LogP contribution is -2.51. The Labute approximate surface area is 193 Å². The van der Waals surface area contributed by atoms with E-state index >= 15 is 0 Å². The number of amides is 2. The Morgan fingerprint density at radius 1 is 0.939 bits per heavy atom. The standard InChI is InChI=1S/C26H28N2O5/c1-3-5-15-22(24(29)27-23(10-4-2)25(30)31)28-26(32)33-16-21-19-13-8-6-11-17(19)18-12-7-9-14-20(18)21/h3-4,6-9,11-14,21-23H,1-2,5,10,15-16H2,(H,27,29)(H,28,32)(H,30,31). The van der Waals surface area contributed by atoms with E-state index in [1.165, 1.54) is 6.08 Å². The number of fused-ring (bicyclic) bond motifs is 3. The molecule has 2 amide bonds. The van der Waals surface area contributed by atoms with Gasteiger partial charge in [0.05, 0.1) is 0 Å². The smallest absolute Gasteiger partial charge is 0.407 e. The van der Waals surface area contributed by atoms with Crippen LogP contribution in [0, 0.1) is 0 Å². The number of rotatable bonds is 11. The van der Waals surface area contributed by atoms with Gasteiger partial charge in [-0.05, 0) is 41.5 Å². The van der Waals surface area contributed by atoms with Crippen LogP contribution >= 0.6 is 0 Å². The lowest BCUT2D eigenvalue weighted by Gasteiger charge is -2.21. The molecule has 7 heteroatoms. The highest BCUT2D eigenvalue weighted by Gasteiger charge is 2.30. The summed E-state index contributed by atoms with van der Waals surface area (Å²) in [6.45, 7) is 7.26. The molecule has 0 bridgehead atoms. The number of aliphatic carboxylic acids is 1. The molecule has 0 heterocycles. The molecule has 0 radical (unpaired) electrons. The number of carboxylic acids is 1. The summed E-state index contributed by atoms with van der Waals surface area (Å²) < 4.78 is 5.51. The van der Waals surface area contributed by atoms with E-state index in [-0.39, 0.29) is 25.4 Å². The average molecular weight is 449 g/mol. The van der Waals surface area contributed by atoms with Crippen molar-refractivity contribution in [2.45, 2.75) is 37.3 Å². The van der Waals surface area contributed by atoms with E-state index in [4.69, 9.17) is 4.74 Å². The Hall–Kier alpha value is -3.87. The molecular weight excluding hydrogens is 420 g/mol. The Kier molecular flexibility index (Phi) is 8.02. The molecule has 0 spiro atoms. The quantitative estimate of drug-likeness (QED) is 0.451. The predicted octanol–water partition coefficient (Wildman–Crippen LogP) is 4.01. The van der Waals surface area contributed by atoms with Crippen molar-refractivity contribution >= 4 is 18.0 Å². The van der Waals surface area contributed by atoms with Crippen LogP contribution in [0.3, 0.4) is 0 Å². The molecule has 0 fully saturated rings. The number of carbonyl (C=O) groups excluding carboxylic acids is 2. The molecular formula is C26H28N2O5. The monoisotopic (exact) mass is 448 g/mol. The molecule has 33 heavy (non-hydrogen) atoms. The third-order valence-corrected chi connectivity index (χ3v) is 5.63. The second-order valence-corrected chi connectivity index (χ2v) is 7.81. The van der Waals surface area contributed by atoms with E-state index in [1.54, 1.807) is 6.08 Å². The summed E-state index contributed by atoms with van der Waals surface area (Å²) in [6, 6.07) is 13.9. The largest absolute Gasteiger partial charge is 0.480 e. The molecule has 0 aromatic heterocycles. The fourth-order valence-corrected chi connectivity index (χ4v) is 4.00. The predicted molar refractivity (Wildman–Crippen MR) is 126 cm³/mol. The van der Waals surface area contributed by atoms with E-state index in [0.717, 1.165) is 22.3 Å². The van der Waals surface area contributed by atoms with Crippen molar-refractivity contribution in [2.75, 3.05) is 6.61 Å². The van der Waals surface area contributed by atoms with E-state index < -0.39 is 30.1 Å². The molecule has 172 valence electrons. The van der Waals surface area contributed by atoms with Gasteiger partial charge in [0.25, 0.3) is 0 Å². The zero-order valence-electron chi connectivity index (χ0n) is 18.3. The lowest BCUT2D eigenvalue weighted by atomic mass is 9.98. The van der Waals surface area contributed by atoms with Crippen LogP contribution in [0.5, 0.6) is 0 Å². The number of ether oxygens (including phenoxy) is 1. The highest BCUT2D eigenvalue weighted by Crippen LogP contribution is 2.44. The molecule has 3 rings (SSSR count). The van der Waals surface area contributed by atoms with Crippen LogP contribution in [0.4, 0.5) is 4.79 Å². The van der Waals surface area contributed by atoms with Crippen LogP contribution in [0.1, 0.15) is 36.3 Å². The molecule has 2 aromatic carbocycles. The number of nitrogens with one attached hydrogen (secondary N) is 2. The van der Waals surface area contributed by atoms with Crippen molar-refractivity contribution in [3.63, 3.8) is 0 Å². The molecule has 0 saturated heterocycles. The van der Waals surface area contributed by atoms with E-state index in [2.05, 4.69) is 23.8 Å². The molecule has 0 saturated carbocycles. The van der Waals surface area contributed by atoms with Gasteiger partial charge in [0, 0.05) is 5.92 Å². The van der Waals surface area contributed by atoms with Gasteiger partial charge in [-0.3, -0.25) is 4.79 Å². The number of alkyl carbamates (subject to hydrolysis) is 1. The van der Waals surface area contributed by atoms with Crippen LogP contribution in [0.15, 0.2) is 73.8 Å². The van der Waals surface area contributed by atoms with Crippen molar-refractivity contribution in [3.05, 3.63) is 85.0 Å². The minimum atomic E-state index is -1.17. The number of hydrogen-bond donors (Lipinski definition) is 3. The minimum absolute atomic E-state index is 0.0696. The maximum Gasteiger partial charge on any atom is 0.407 e. The van der Waals surface area contributed by atoms with Crippen molar-refractivity contribution in [2.24, 2.45) is 0 Å². The van der Waals surface area contributed by atoms with Crippen LogP contribution in [0.2, 0.25) is 0 Å². The fraction of sp³-hybridized carbons (Fsp3) is 0.269. The maximum absolute atomic E-state index is 12.6. The Morgan fingerprint density at radius 2 is 1.55 bits per heavy atom. The maximum atomic E-state index is 12.6. The minimum Gasteiger partial charge on any atom is -0.480 e. The van der Waals surface area contributed by atoms with Crippen molar-refractivity contribution in [1.29, 1.82) is 0 Å². The molecule has 2 aromatic rings. The van der Waals surface area contributed by atoms with Crippen LogP contribution in [-0.2, 0) is 14.3 Å². The second kappa shape index (κ2) is 11.1. The summed E-state index contributed by atoms with van der Waals surface area (Å²) in [5.74, 6) is -1.88. The van der Waals surface area contributed by atoms with Gasteiger partial charge in [-0.2, -0.15) is 0 Å². The molecule has 0 aliphatic heterocycles. The number of allylic oxidation sites excluding steroid dienone is 1. The SMILES string of the molecule is C=CCCC(NC(=O)OCC1c2ccccc2-c2ccccc21)C(=O)NC(CC=C)C(=O)O. The number of hydrogen-bond acceptors (Lipinski definition) is 4. The Balaban J connectivity index is 1.66. The van der Waals surface area contributed by atoms with Gasteiger partial charge >= 0.3 is 12.1 Å². The highest BCUT2D eigenvalue weighted by atomic mass is 16.5. The Morgan fingerprint density at radius 3 is 2.09 bits per heavy atom. The summed E-state index contributed by atoms with van der Waals surface area (Å²) in [5.41, 5.74) is 4.40. The number of carboxylic acid groups (broad SMARTS) is 1. The van der Waals surface area contributed by atoms with Gasteiger partial charge in [0.2, 0.25) is 5.91 Å². The zero-order valence-corrected chi connectivity index (χ0v) is 18.3. The summed E-state index contributed by atoms with van der Waals surface area (Å²) >= 11 is 0. The third kappa shape index (κ3) is 5.68. The highest BCUT2D eigenvalue weighted by molar-refractivity contribution is 5.89. The lowest BCUT2D eigenvalue weighted by molar-refractivity contribution is -0.142. The van der Waals surface area contributed by atoms with Crippen molar-refractivity contribution < 1.29 is 24.2 Å². The van der Waals surface area contributed by atoms with Gasteiger partial charge in [0.1, 0.15) is 18.7 Å². The summed E-state index contributed by atoms with van der Waals surface area (Å²) in [5, 5.41) is 14.3.